The summed E-state index contributed by atoms with van der Waals surface area (Å²) in [6, 6.07) is 20.4. The van der Waals surface area contributed by atoms with Crippen molar-refractivity contribution in [1.82, 2.24) is 15.5 Å². The Morgan fingerprint density at radius 1 is 0.926 bits per heavy atom. The Labute approximate surface area is 158 Å². The number of amides is 1. The van der Waals surface area contributed by atoms with Crippen molar-refractivity contribution in [2.45, 2.75) is 6.92 Å². The van der Waals surface area contributed by atoms with E-state index in [-0.39, 0.29) is 5.91 Å². The van der Waals surface area contributed by atoms with Gasteiger partial charge in [-0.1, -0.05) is 30.3 Å². The molecular weight excluding hydrogens is 342 g/mol. The average molecular weight is 363 g/mol. The number of nitrogens with zero attached hydrogens (tertiary/aromatic N) is 2. The van der Waals surface area contributed by atoms with Crippen molar-refractivity contribution in [3.8, 4) is 22.9 Å². The number of rotatable bonds is 8. The molecule has 6 nitrogen and oxygen atoms in total. The first-order valence-corrected chi connectivity index (χ1v) is 8.79. The van der Waals surface area contributed by atoms with Crippen LogP contribution in [0.4, 0.5) is 0 Å². The Bertz CT molecular complexity index is 850. The third-order valence-corrected chi connectivity index (χ3v) is 3.77. The second-order valence-electron chi connectivity index (χ2n) is 5.68. The van der Waals surface area contributed by atoms with Crippen LogP contribution in [-0.2, 0) is 0 Å². The predicted octanol–water partition coefficient (Wildman–Crippen LogP) is 3.35. The lowest BCUT2D eigenvalue weighted by Gasteiger charge is -2.08. The van der Waals surface area contributed by atoms with Gasteiger partial charge in [0, 0.05) is 17.2 Å². The maximum atomic E-state index is 12.1. The summed E-state index contributed by atoms with van der Waals surface area (Å²) < 4.78 is 10.9. The maximum absolute atomic E-state index is 12.1. The second-order valence-corrected chi connectivity index (χ2v) is 5.68. The zero-order valence-corrected chi connectivity index (χ0v) is 15.1. The first-order chi connectivity index (χ1) is 13.3. The fourth-order valence-corrected chi connectivity index (χ4v) is 2.45. The number of hydrogen-bond acceptors (Lipinski definition) is 5. The minimum atomic E-state index is -0.160. The van der Waals surface area contributed by atoms with E-state index in [2.05, 4.69) is 15.5 Å². The van der Waals surface area contributed by atoms with Gasteiger partial charge < -0.3 is 14.8 Å². The molecule has 138 valence electrons. The minimum Gasteiger partial charge on any atom is -0.494 e. The molecule has 3 rings (SSSR count). The Morgan fingerprint density at radius 2 is 1.70 bits per heavy atom. The number of aromatic nitrogens is 2. The van der Waals surface area contributed by atoms with Gasteiger partial charge in [-0.05, 0) is 37.3 Å². The first-order valence-electron chi connectivity index (χ1n) is 8.79. The summed E-state index contributed by atoms with van der Waals surface area (Å²) in [5.74, 6) is 1.01. The molecule has 0 bridgehead atoms. The quantitative estimate of drug-likeness (QED) is 0.621. The molecule has 0 atom stereocenters. The van der Waals surface area contributed by atoms with Gasteiger partial charge in [-0.2, -0.15) is 0 Å². The predicted molar refractivity (Wildman–Crippen MR) is 103 cm³/mol. The monoisotopic (exact) mass is 363 g/mol. The van der Waals surface area contributed by atoms with Gasteiger partial charge in [0.1, 0.15) is 12.4 Å². The molecule has 0 unspecified atom stereocenters. The van der Waals surface area contributed by atoms with Crippen LogP contribution in [0.5, 0.6) is 11.6 Å². The molecule has 1 heterocycles. The molecule has 0 aliphatic carbocycles. The number of hydrogen-bond donors (Lipinski definition) is 1. The van der Waals surface area contributed by atoms with Gasteiger partial charge in [-0.15, -0.1) is 10.2 Å². The van der Waals surface area contributed by atoms with Crippen molar-refractivity contribution < 1.29 is 14.3 Å². The van der Waals surface area contributed by atoms with Gasteiger partial charge in [-0.3, -0.25) is 4.79 Å². The summed E-state index contributed by atoms with van der Waals surface area (Å²) in [6.07, 6.45) is 0. The normalized spacial score (nSPS) is 10.3. The van der Waals surface area contributed by atoms with Crippen molar-refractivity contribution in [3.05, 3.63) is 72.3 Å². The molecular formula is C21H21N3O3. The summed E-state index contributed by atoms with van der Waals surface area (Å²) in [4.78, 5) is 12.1. The SMILES string of the molecule is CCOc1ccc(C(=O)NCCOc2ccc(-c3ccccc3)nn2)cc1. The molecule has 27 heavy (non-hydrogen) atoms. The molecule has 0 fully saturated rings. The van der Waals surface area contributed by atoms with Crippen LogP contribution in [0.1, 0.15) is 17.3 Å². The zero-order valence-electron chi connectivity index (χ0n) is 15.1. The Kier molecular flexibility index (Phi) is 6.35. The molecule has 2 aromatic carbocycles. The van der Waals surface area contributed by atoms with Crippen LogP contribution in [0.25, 0.3) is 11.3 Å². The van der Waals surface area contributed by atoms with Gasteiger partial charge in [-0.25, -0.2) is 0 Å². The van der Waals surface area contributed by atoms with Crippen molar-refractivity contribution in [2.24, 2.45) is 0 Å². The first kappa shape index (κ1) is 18.4. The second kappa shape index (κ2) is 9.33. The third kappa shape index (κ3) is 5.28. The van der Waals surface area contributed by atoms with Crippen LogP contribution >= 0.6 is 0 Å². The summed E-state index contributed by atoms with van der Waals surface area (Å²) in [7, 11) is 0. The van der Waals surface area contributed by atoms with E-state index in [4.69, 9.17) is 9.47 Å². The van der Waals surface area contributed by atoms with Gasteiger partial charge >= 0.3 is 0 Å². The number of nitrogens with one attached hydrogen (secondary N) is 1. The van der Waals surface area contributed by atoms with Crippen LogP contribution in [-0.4, -0.2) is 35.9 Å². The van der Waals surface area contributed by atoms with Crippen molar-refractivity contribution >= 4 is 5.91 Å². The van der Waals surface area contributed by atoms with Crippen LogP contribution in [0, 0.1) is 0 Å². The lowest BCUT2D eigenvalue weighted by atomic mass is 10.1. The Balaban J connectivity index is 1.44. The van der Waals surface area contributed by atoms with Crippen molar-refractivity contribution in [3.63, 3.8) is 0 Å². The topological polar surface area (TPSA) is 73.3 Å². The Hall–Kier alpha value is -3.41. The highest BCUT2D eigenvalue weighted by molar-refractivity contribution is 5.94. The van der Waals surface area contributed by atoms with E-state index in [1.165, 1.54) is 0 Å². The molecule has 0 aliphatic heterocycles. The van der Waals surface area contributed by atoms with Gasteiger partial charge in [0.2, 0.25) is 5.88 Å². The third-order valence-electron chi connectivity index (χ3n) is 3.77. The molecule has 0 radical (unpaired) electrons. The molecule has 0 spiro atoms. The molecule has 0 saturated heterocycles. The highest BCUT2D eigenvalue weighted by Gasteiger charge is 2.06. The maximum Gasteiger partial charge on any atom is 0.251 e. The largest absolute Gasteiger partial charge is 0.494 e. The van der Waals surface area contributed by atoms with E-state index in [0.29, 0.717) is 31.2 Å². The summed E-state index contributed by atoms with van der Waals surface area (Å²) in [6.45, 7) is 3.19. The minimum absolute atomic E-state index is 0.160. The van der Waals surface area contributed by atoms with E-state index in [0.717, 1.165) is 17.0 Å². The van der Waals surface area contributed by atoms with Crippen LogP contribution in [0.3, 0.4) is 0 Å². The number of carbonyl (C=O) groups is 1. The molecule has 0 saturated carbocycles. The lowest BCUT2D eigenvalue weighted by molar-refractivity contribution is 0.0946. The standard InChI is InChI=1S/C21H21N3O3/c1-2-26-18-10-8-17(9-11-18)21(25)22-14-15-27-20-13-12-19(23-24-20)16-6-4-3-5-7-16/h3-13H,2,14-15H2,1H3,(H,22,25). The van der Waals surface area contributed by atoms with E-state index < -0.39 is 0 Å². The van der Waals surface area contributed by atoms with Gasteiger partial charge in [0.15, 0.2) is 0 Å². The van der Waals surface area contributed by atoms with Crippen LogP contribution < -0.4 is 14.8 Å². The van der Waals surface area contributed by atoms with E-state index >= 15 is 0 Å². The number of benzene rings is 2. The summed E-state index contributed by atoms with van der Waals surface area (Å²) in [5.41, 5.74) is 2.36. The summed E-state index contributed by atoms with van der Waals surface area (Å²) >= 11 is 0. The fourth-order valence-electron chi connectivity index (χ4n) is 2.45. The van der Waals surface area contributed by atoms with E-state index in [1.54, 1.807) is 30.3 Å². The lowest BCUT2D eigenvalue weighted by Crippen LogP contribution is -2.28. The van der Waals surface area contributed by atoms with Gasteiger partial charge in [0.05, 0.1) is 18.8 Å². The highest BCUT2D eigenvalue weighted by Crippen LogP contribution is 2.17. The molecule has 6 heteroatoms. The molecule has 1 N–H and O–H groups in total. The number of carbonyl (C=O) groups excluding carboxylic acids is 1. The van der Waals surface area contributed by atoms with Gasteiger partial charge in [0.25, 0.3) is 5.91 Å². The molecule has 3 aromatic rings. The molecule has 0 aliphatic rings. The summed E-state index contributed by atoms with van der Waals surface area (Å²) in [5, 5.41) is 11.0. The van der Waals surface area contributed by atoms with E-state index in [9.17, 15) is 4.79 Å². The smallest absolute Gasteiger partial charge is 0.251 e. The number of ether oxygens (including phenoxy) is 2. The Morgan fingerprint density at radius 3 is 2.37 bits per heavy atom. The molecule has 1 aromatic heterocycles. The molecule has 1 amide bonds. The zero-order chi connectivity index (χ0) is 18.9. The van der Waals surface area contributed by atoms with Crippen LogP contribution in [0.15, 0.2) is 66.7 Å². The van der Waals surface area contributed by atoms with Crippen molar-refractivity contribution in [2.75, 3.05) is 19.8 Å². The van der Waals surface area contributed by atoms with Crippen molar-refractivity contribution in [1.29, 1.82) is 0 Å². The van der Waals surface area contributed by atoms with Crippen LogP contribution in [0.2, 0.25) is 0 Å². The fraction of sp³-hybridized carbons (Fsp3) is 0.190. The van der Waals surface area contributed by atoms with E-state index in [1.807, 2.05) is 43.3 Å². The highest BCUT2D eigenvalue weighted by atomic mass is 16.5. The average Bonchev–Trinajstić information content (AvgIpc) is 2.73.